The predicted molar refractivity (Wildman–Crippen MR) is 62.4 cm³/mol. The van der Waals surface area contributed by atoms with Crippen molar-refractivity contribution in [1.82, 2.24) is 0 Å². The van der Waals surface area contributed by atoms with Crippen LogP contribution in [0.15, 0.2) is 22.7 Å². The van der Waals surface area contributed by atoms with E-state index in [1.54, 1.807) is 6.07 Å². The number of halogens is 1. The summed E-state index contributed by atoms with van der Waals surface area (Å²) in [5.74, 6) is 0.345. The summed E-state index contributed by atoms with van der Waals surface area (Å²) in [6.45, 7) is 3.98. The number of aromatic hydroxyl groups is 1. The number of hydrogen-bond donors (Lipinski definition) is 2. The second-order valence-electron chi connectivity index (χ2n) is 4.26. The van der Waals surface area contributed by atoms with Crippen molar-refractivity contribution in [2.75, 3.05) is 0 Å². The lowest BCUT2D eigenvalue weighted by atomic mass is 9.96. The van der Waals surface area contributed by atoms with Crippen molar-refractivity contribution in [3.63, 3.8) is 0 Å². The van der Waals surface area contributed by atoms with E-state index in [0.29, 0.717) is 5.75 Å². The van der Waals surface area contributed by atoms with Gasteiger partial charge < -0.3 is 10.8 Å². The van der Waals surface area contributed by atoms with Crippen LogP contribution in [0.1, 0.15) is 25.8 Å². The third kappa shape index (κ3) is 3.68. The van der Waals surface area contributed by atoms with Crippen molar-refractivity contribution in [1.29, 1.82) is 0 Å². The highest BCUT2D eigenvalue weighted by molar-refractivity contribution is 9.10. The third-order valence-corrected chi connectivity index (χ3v) is 2.57. The summed E-state index contributed by atoms with van der Waals surface area (Å²) in [7, 11) is 0. The van der Waals surface area contributed by atoms with Gasteiger partial charge in [-0.1, -0.05) is 15.9 Å². The third-order valence-electron chi connectivity index (χ3n) is 2.08. The maximum Gasteiger partial charge on any atom is 0.118 e. The summed E-state index contributed by atoms with van der Waals surface area (Å²) in [6.07, 6.45) is 1.66. The van der Waals surface area contributed by atoms with Crippen molar-refractivity contribution in [3.05, 3.63) is 28.2 Å². The highest BCUT2D eigenvalue weighted by Gasteiger charge is 2.12. The van der Waals surface area contributed by atoms with Gasteiger partial charge in [-0.25, -0.2) is 0 Å². The second-order valence-corrected chi connectivity index (χ2v) is 5.18. The molecule has 0 aliphatic carbocycles. The number of phenols is 1. The number of benzene rings is 1. The van der Waals surface area contributed by atoms with Crippen LogP contribution < -0.4 is 5.73 Å². The minimum Gasteiger partial charge on any atom is -0.508 e. The average Bonchev–Trinajstić information content (AvgIpc) is 2.05. The Kier molecular flexibility index (Phi) is 3.56. The Morgan fingerprint density at radius 3 is 2.64 bits per heavy atom. The van der Waals surface area contributed by atoms with Crippen LogP contribution in [0, 0.1) is 0 Å². The molecule has 0 aliphatic rings. The molecule has 0 aliphatic heterocycles. The molecular formula is C11H16BrNO. The lowest BCUT2D eigenvalue weighted by Crippen LogP contribution is -2.32. The molecule has 0 heterocycles. The minimum absolute atomic E-state index is 0.186. The Balaban J connectivity index is 2.72. The fraction of sp³-hybridized carbons (Fsp3) is 0.455. The van der Waals surface area contributed by atoms with Crippen LogP contribution in [-0.4, -0.2) is 10.6 Å². The van der Waals surface area contributed by atoms with Crippen molar-refractivity contribution >= 4 is 15.9 Å². The highest BCUT2D eigenvalue weighted by Crippen LogP contribution is 2.24. The Bertz CT molecular complexity index is 318. The van der Waals surface area contributed by atoms with E-state index < -0.39 is 0 Å². The first-order valence-corrected chi connectivity index (χ1v) is 5.44. The number of phenolic OH excluding ortho intramolecular Hbond substituents is 1. The maximum atomic E-state index is 9.57. The first-order chi connectivity index (χ1) is 6.38. The Morgan fingerprint density at radius 2 is 2.07 bits per heavy atom. The molecule has 0 spiro atoms. The normalized spacial score (nSPS) is 11.7. The number of aryl methyl sites for hydroxylation is 1. The van der Waals surface area contributed by atoms with Crippen molar-refractivity contribution in [3.8, 4) is 5.75 Å². The zero-order valence-corrected chi connectivity index (χ0v) is 10.1. The Morgan fingerprint density at radius 1 is 1.43 bits per heavy atom. The van der Waals surface area contributed by atoms with E-state index in [-0.39, 0.29) is 5.54 Å². The zero-order valence-electron chi connectivity index (χ0n) is 8.55. The van der Waals surface area contributed by atoms with E-state index in [0.717, 1.165) is 22.9 Å². The molecular weight excluding hydrogens is 242 g/mol. The molecule has 0 saturated carbocycles. The topological polar surface area (TPSA) is 46.2 Å². The van der Waals surface area contributed by atoms with Gasteiger partial charge in [-0.05, 0) is 50.5 Å². The fourth-order valence-corrected chi connectivity index (χ4v) is 1.62. The summed E-state index contributed by atoms with van der Waals surface area (Å²) in [4.78, 5) is 0. The fourth-order valence-electron chi connectivity index (χ4n) is 1.21. The van der Waals surface area contributed by atoms with E-state index in [1.807, 2.05) is 26.0 Å². The Hall–Kier alpha value is -0.540. The molecule has 0 amide bonds. The van der Waals surface area contributed by atoms with Gasteiger partial charge in [0, 0.05) is 10.0 Å². The molecule has 0 atom stereocenters. The van der Waals surface area contributed by atoms with Gasteiger partial charge in [0.25, 0.3) is 0 Å². The molecule has 0 saturated heterocycles. The van der Waals surface area contributed by atoms with Crippen LogP contribution in [0.2, 0.25) is 0 Å². The number of hydrogen-bond acceptors (Lipinski definition) is 2. The van der Waals surface area contributed by atoms with E-state index in [9.17, 15) is 5.11 Å². The molecule has 3 N–H and O–H groups in total. The predicted octanol–water partition coefficient (Wildman–Crippen LogP) is 2.82. The van der Waals surface area contributed by atoms with Gasteiger partial charge in [-0.3, -0.25) is 0 Å². The number of nitrogens with two attached hydrogens (primary N) is 1. The second kappa shape index (κ2) is 4.32. The average molecular weight is 258 g/mol. The van der Waals surface area contributed by atoms with E-state index in [1.165, 1.54) is 0 Å². The summed E-state index contributed by atoms with van der Waals surface area (Å²) in [6, 6.07) is 5.45. The molecule has 3 heteroatoms. The quantitative estimate of drug-likeness (QED) is 0.875. The van der Waals surface area contributed by atoms with Gasteiger partial charge in [-0.2, -0.15) is 0 Å². The maximum absolute atomic E-state index is 9.57. The molecule has 0 bridgehead atoms. The van der Waals surface area contributed by atoms with E-state index >= 15 is 0 Å². The van der Waals surface area contributed by atoms with Crippen LogP contribution in [0.5, 0.6) is 5.75 Å². The summed E-state index contributed by atoms with van der Waals surface area (Å²) >= 11 is 3.37. The van der Waals surface area contributed by atoms with Crippen molar-refractivity contribution in [2.45, 2.75) is 32.2 Å². The molecule has 0 unspecified atom stereocenters. The molecule has 0 fully saturated rings. The van der Waals surface area contributed by atoms with E-state index in [4.69, 9.17) is 5.73 Å². The van der Waals surface area contributed by atoms with Gasteiger partial charge in [0.1, 0.15) is 5.75 Å². The van der Waals surface area contributed by atoms with E-state index in [2.05, 4.69) is 15.9 Å². The molecule has 14 heavy (non-hydrogen) atoms. The molecule has 2 nitrogen and oxygen atoms in total. The first kappa shape index (κ1) is 11.5. The summed E-state index contributed by atoms with van der Waals surface area (Å²) in [5.41, 5.74) is 6.63. The summed E-state index contributed by atoms with van der Waals surface area (Å²) in [5, 5.41) is 9.57. The molecule has 0 radical (unpaired) electrons. The SMILES string of the molecule is CC(C)(N)CCc1cc(Br)ccc1O. The number of rotatable bonds is 3. The van der Waals surface area contributed by atoms with Crippen LogP contribution >= 0.6 is 15.9 Å². The van der Waals surface area contributed by atoms with Gasteiger partial charge in [-0.15, -0.1) is 0 Å². The van der Waals surface area contributed by atoms with Crippen LogP contribution in [0.4, 0.5) is 0 Å². The van der Waals surface area contributed by atoms with Crippen LogP contribution in [-0.2, 0) is 6.42 Å². The minimum atomic E-state index is -0.186. The monoisotopic (exact) mass is 257 g/mol. The molecule has 1 rings (SSSR count). The van der Waals surface area contributed by atoms with Gasteiger partial charge >= 0.3 is 0 Å². The van der Waals surface area contributed by atoms with Crippen LogP contribution in [0.25, 0.3) is 0 Å². The molecule has 0 aromatic heterocycles. The summed E-state index contributed by atoms with van der Waals surface area (Å²) < 4.78 is 0.986. The van der Waals surface area contributed by atoms with Gasteiger partial charge in [0.2, 0.25) is 0 Å². The molecule has 78 valence electrons. The highest BCUT2D eigenvalue weighted by atomic mass is 79.9. The zero-order chi connectivity index (χ0) is 10.8. The first-order valence-electron chi connectivity index (χ1n) is 4.65. The van der Waals surface area contributed by atoms with Gasteiger partial charge in [0.05, 0.1) is 0 Å². The smallest absolute Gasteiger partial charge is 0.118 e. The largest absolute Gasteiger partial charge is 0.508 e. The lowest BCUT2D eigenvalue weighted by Gasteiger charge is -2.18. The van der Waals surface area contributed by atoms with Crippen molar-refractivity contribution < 1.29 is 5.11 Å². The van der Waals surface area contributed by atoms with Crippen LogP contribution in [0.3, 0.4) is 0 Å². The van der Waals surface area contributed by atoms with Crippen molar-refractivity contribution in [2.24, 2.45) is 5.73 Å². The Labute approximate surface area is 93.3 Å². The molecule has 1 aromatic rings. The lowest BCUT2D eigenvalue weighted by molar-refractivity contribution is 0.448. The van der Waals surface area contributed by atoms with Gasteiger partial charge in [0.15, 0.2) is 0 Å². The molecule has 1 aromatic carbocycles. The standard InChI is InChI=1S/C11H16BrNO/c1-11(2,13)6-5-8-7-9(12)3-4-10(8)14/h3-4,7,14H,5-6,13H2,1-2H3.